The van der Waals surface area contributed by atoms with Gasteiger partial charge in [-0.05, 0) is 42.0 Å². The molecule has 1 aromatic carbocycles. The van der Waals surface area contributed by atoms with Crippen LogP contribution in [0.3, 0.4) is 0 Å². The molecule has 0 radical (unpaired) electrons. The maximum absolute atomic E-state index is 12.8. The number of carbonyl (C=O) groups excluding carboxylic acids is 1. The molecule has 2 heterocycles. The van der Waals surface area contributed by atoms with Gasteiger partial charge in [0.1, 0.15) is 0 Å². The standard InChI is InChI=1S/C21H18ClN3OS/c1-3-11-25-20(26)19(13-15(2)12-16-7-5-4-6-8-16)27-21(25)24-18-9-10-23-14-17(18)22/h3-10,12-14H,1,11H2,2H3/b15-12+,19-13-,24-21?. The minimum Gasteiger partial charge on any atom is -0.283 e. The molecule has 0 spiro atoms. The normalized spacial score (nSPS) is 17.8. The van der Waals surface area contributed by atoms with Gasteiger partial charge in [-0.1, -0.05) is 54.1 Å². The molecule has 0 saturated carbocycles. The van der Waals surface area contributed by atoms with Crippen LogP contribution in [0.5, 0.6) is 0 Å². The topological polar surface area (TPSA) is 45.6 Å². The highest BCUT2D eigenvalue weighted by Gasteiger charge is 2.32. The van der Waals surface area contributed by atoms with Crippen LogP contribution in [0.15, 0.2) is 83.0 Å². The number of hydrogen-bond acceptors (Lipinski definition) is 4. The first-order valence-electron chi connectivity index (χ1n) is 8.32. The first kappa shape index (κ1) is 19.1. The van der Waals surface area contributed by atoms with E-state index in [2.05, 4.69) is 16.6 Å². The largest absolute Gasteiger partial charge is 0.283 e. The molecule has 136 valence electrons. The summed E-state index contributed by atoms with van der Waals surface area (Å²) in [7, 11) is 0. The van der Waals surface area contributed by atoms with E-state index < -0.39 is 0 Å². The molecule has 1 amide bonds. The van der Waals surface area contributed by atoms with E-state index in [1.165, 1.54) is 18.0 Å². The van der Waals surface area contributed by atoms with Gasteiger partial charge in [-0.3, -0.25) is 14.7 Å². The Morgan fingerprint density at radius 2 is 2.11 bits per heavy atom. The maximum atomic E-state index is 12.8. The van der Waals surface area contributed by atoms with E-state index in [1.54, 1.807) is 23.2 Å². The predicted octanol–water partition coefficient (Wildman–Crippen LogP) is 5.47. The van der Waals surface area contributed by atoms with Crippen LogP contribution in [0, 0.1) is 0 Å². The fourth-order valence-electron chi connectivity index (χ4n) is 2.50. The second-order valence-electron chi connectivity index (χ2n) is 5.84. The number of rotatable bonds is 5. The zero-order valence-corrected chi connectivity index (χ0v) is 16.4. The maximum Gasteiger partial charge on any atom is 0.267 e. The third kappa shape index (κ3) is 4.76. The summed E-state index contributed by atoms with van der Waals surface area (Å²) >= 11 is 7.48. The van der Waals surface area contributed by atoms with Crippen LogP contribution in [-0.2, 0) is 4.79 Å². The van der Waals surface area contributed by atoms with E-state index in [-0.39, 0.29) is 5.91 Å². The van der Waals surface area contributed by atoms with Gasteiger partial charge in [0.25, 0.3) is 5.91 Å². The fourth-order valence-corrected chi connectivity index (χ4v) is 3.72. The lowest BCUT2D eigenvalue weighted by atomic mass is 10.1. The molecule has 3 rings (SSSR count). The van der Waals surface area contributed by atoms with E-state index in [0.717, 1.165) is 11.1 Å². The summed E-state index contributed by atoms with van der Waals surface area (Å²) in [6, 6.07) is 11.7. The van der Waals surface area contributed by atoms with Crippen molar-refractivity contribution in [2.45, 2.75) is 6.92 Å². The van der Waals surface area contributed by atoms with Gasteiger partial charge in [0, 0.05) is 18.9 Å². The van der Waals surface area contributed by atoms with E-state index in [4.69, 9.17) is 11.6 Å². The number of aliphatic imine (C=N–C) groups is 1. The smallest absolute Gasteiger partial charge is 0.267 e. The van der Waals surface area contributed by atoms with Crippen molar-refractivity contribution in [2.24, 2.45) is 4.99 Å². The molecule has 1 saturated heterocycles. The number of hydrogen-bond donors (Lipinski definition) is 0. The molecular formula is C21H18ClN3OS. The SMILES string of the molecule is C=CCN1C(=O)/C(=C/C(C)=C/c2ccccc2)SC1=Nc1ccncc1Cl. The Morgan fingerprint density at radius 1 is 1.33 bits per heavy atom. The number of thioether (sulfide) groups is 1. The molecular weight excluding hydrogens is 378 g/mol. The van der Waals surface area contributed by atoms with Crippen LogP contribution in [0.1, 0.15) is 12.5 Å². The van der Waals surface area contributed by atoms with Crippen LogP contribution in [0.2, 0.25) is 5.02 Å². The summed E-state index contributed by atoms with van der Waals surface area (Å²) in [5.41, 5.74) is 2.65. The van der Waals surface area contributed by atoms with Crippen molar-refractivity contribution in [3.8, 4) is 0 Å². The summed E-state index contributed by atoms with van der Waals surface area (Å²) in [6.07, 6.45) is 8.75. The Morgan fingerprint density at radius 3 is 2.81 bits per heavy atom. The summed E-state index contributed by atoms with van der Waals surface area (Å²) in [4.78, 5) is 23.5. The van der Waals surface area contributed by atoms with Gasteiger partial charge >= 0.3 is 0 Å². The number of allylic oxidation sites excluding steroid dienone is 2. The molecule has 1 aliphatic rings. The molecule has 0 bridgehead atoms. The van der Waals surface area contributed by atoms with E-state index >= 15 is 0 Å². The van der Waals surface area contributed by atoms with Gasteiger partial charge in [-0.15, -0.1) is 6.58 Å². The number of amides is 1. The highest BCUT2D eigenvalue weighted by atomic mass is 35.5. The Labute approximate surface area is 168 Å². The van der Waals surface area contributed by atoms with E-state index in [1.807, 2.05) is 49.4 Å². The average molecular weight is 396 g/mol. The summed E-state index contributed by atoms with van der Waals surface area (Å²) in [5.74, 6) is -0.0929. The van der Waals surface area contributed by atoms with Gasteiger partial charge in [0.15, 0.2) is 5.17 Å². The summed E-state index contributed by atoms with van der Waals surface area (Å²) in [5, 5.41) is 1.01. The predicted molar refractivity (Wildman–Crippen MR) is 114 cm³/mol. The fraction of sp³-hybridized carbons (Fsp3) is 0.0952. The lowest BCUT2D eigenvalue weighted by Gasteiger charge is -2.12. The minimum atomic E-state index is -0.0929. The zero-order valence-electron chi connectivity index (χ0n) is 14.8. The highest BCUT2D eigenvalue weighted by molar-refractivity contribution is 8.18. The average Bonchev–Trinajstić information content (AvgIpc) is 2.93. The second kappa shape index (κ2) is 8.84. The van der Waals surface area contributed by atoms with Crippen molar-refractivity contribution in [3.63, 3.8) is 0 Å². The summed E-state index contributed by atoms with van der Waals surface area (Å²) < 4.78 is 0. The first-order chi connectivity index (χ1) is 13.1. The molecule has 0 N–H and O–H groups in total. The molecule has 2 aromatic rings. The Balaban J connectivity index is 1.92. The molecule has 1 aliphatic heterocycles. The second-order valence-corrected chi connectivity index (χ2v) is 7.25. The van der Waals surface area contributed by atoms with Crippen LogP contribution >= 0.6 is 23.4 Å². The number of halogens is 1. The van der Waals surface area contributed by atoms with E-state index in [0.29, 0.717) is 27.3 Å². The number of carbonyl (C=O) groups is 1. The third-order valence-corrected chi connectivity index (χ3v) is 5.02. The van der Waals surface area contributed by atoms with Crippen molar-refractivity contribution < 1.29 is 4.79 Å². The van der Waals surface area contributed by atoms with Crippen molar-refractivity contribution in [2.75, 3.05) is 6.54 Å². The molecule has 1 aromatic heterocycles. The number of nitrogens with zero attached hydrogens (tertiary/aromatic N) is 3. The number of pyridine rings is 1. The quantitative estimate of drug-likeness (QED) is 0.498. The van der Waals surface area contributed by atoms with Crippen LogP contribution in [-0.4, -0.2) is 27.5 Å². The van der Waals surface area contributed by atoms with E-state index in [9.17, 15) is 4.79 Å². The molecule has 0 aliphatic carbocycles. The molecule has 27 heavy (non-hydrogen) atoms. The van der Waals surface area contributed by atoms with Crippen LogP contribution in [0.4, 0.5) is 5.69 Å². The number of benzene rings is 1. The number of amidine groups is 1. The van der Waals surface area contributed by atoms with Crippen molar-refractivity contribution in [1.29, 1.82) is 0 Å². The van der Waals surface area contributed by atoms with Gasteiger partial charge in [-0.2, -0.15) is 0 Å². The lowest BCUT2D eigenvalue weighted by molar-refractivity contribution is -0.121. The van der Waals surface area contributed by atoms with Crippen molar-refractivity contribution in [3.05, 3.63) is 88.6 Å². The Hall–Kier alpha value is -2.63. The number of aromatic nitrogens is 1. The van der Waals surface area contributed by atoms with Crippen molar-refractivity contribution in [1.82, 2.24) is 9.88 Å². The van der Waals surface area contributed by atoms with Gasteiger partial charge < -0.3 is 0 Å². The third-order valence-electron chi connectivity index (χ3n) is 3.72. The molecule has 0 unspecified atom stereocenters. The lowest BCUT2D eigenvalue weighted by Crippen LogP contribution is -2.29. The molecule has 4 nitrogen and oxygen atoms in total. The molecule has 0 atom stereocenters. The Kier molecular flexibility index (Phi) is 6.27. The highest BCUT2D eigenvalue weighted by Crippen LogP contribution is 2.35. The monoisotopic (exact) mass is 395 g/mol. The van der Waals surface area contributed by atoms with Gasteiger partial charge in [0.2, 0.25) is 0 Å². The van der Waals surface area contributed by atoms with Gasteiger partial charge in [-0.25, -0.2) is 4.99 Å². The summed E-state index contributed by atoms with van der Waals surface area (Å²) in [6.45, 7) is 6.09. The Bertz CT molecular complexity index is 951. The van der Waals surface area contributed by atoms with Gasteiger partial charge in [0.05, 0.1) is 15.6 Å². The zero-order chi connectivity index (χ0) is 19.2. The minimum absolute atomic E-state index is 0.0929. The van der Waals surface area contributed by atoms with Crippen molar-refractivity contribution >= 4 is 46.2 Å². The molecule has 6 heteroatoms. The van der Waals surface area contributed by atoms with Crippen LogP contribution in [0.25, 0.3) is 6.08 Å². The van der Waals surface area contributed by atoms with Crippen LogP contribution < -0.4 is 0 Å². The molecule has 1 fully saturated rings. The first-order valence-corrected chi connectivity index (χ1v) is 9.52.